The van der Waals surface area contributed by atoms with Gasteiger partial charge in [-0.3, -0.25) is 14.4 Å². The maximum absolute atomic E-state index is 13.1. The van der Waals surface area contributed by atoms with Gasteiger partial charge in [0.05, 0.1) is 11.4 Å². The zero-order valence-electron chi connectivity index (χ0n) is 15.6. The van der Waals surface area contributed by atoms with Crippen molar-refractivity contribution in [2.45, 2.75) is 56.8 Å². The van der Waals surface area contributed by atoms with Gasteiger partial charge in [0.2, 0.25) is 11.8 Å². The van der Waals surface area contributed by atoms with Crippen LogP contribution in [0.1, 0.15) is 36.7 Å². The highest BCUT2D eigenvalue weighted by Crippen LogP contribution is 2.48. The molecule has 2 unspecified atom stereocenters. The van der Waals surface area contributed by atoms with Gasteiger partial charge in [-0.15, -0.1) is 0 Å². The van der Waals surface area contributed by atoms with E-state index in [4.69, 9.17) is 0 Å². The third-order valence-corrected chi connectivity index (χ3v) is 5.96. The smallest absolute Gasteiger partial charge is 0.270 e. The number of carbonyl (C=O) groups is 3. The highest BCUT2D eigenvalue weighted by Gasteiger charge is 2.60. The zero-order valence-corrected chi connectivity index (χ0v) is 15.6. The minimum atomic E-state index is -2.85. The average molecular weight is 403 g/mol. The van der Waals surface area contributed by atoms with Gasteiger partial charge in [-0.25, -0.2) is 18.4 Å². The molecule has 2 aromatic rings. The third-order valence-electron chi connectivity index (χ3n) is 5.96. The van der Waals surface area contributed by atoms with Crippen LogP contribution in [0.3, 0.4) is 0 Å². The lowest BCUT2D eigenvalue weighted by atomic mass is 10.1. The van der Waals surface area contributed by atoms with E-state index < -0.39 is 23.9 Å². The second-order valence-corrected chi connectivity index (χ2v) is 8.08. The number of hydrogen-bond acceptors (Lipinski definition) is 5. The van der Waals surface area contributed by atoms with Crippen molar-refractivity contribution in [3.63, 3.8) is 0 Å². The highest BCUT2D eigenvalue weighted by atomic mass is 19.3. The van der Waals surface area contributed by atoms with Crippen LogP contribution in [-0.2, 0) is 16.1 Å². The van der Waals surface area contributed by atoms with E-state index in [0.717, 1.165) is 6.42 Å². The predicted octanol–water partition coefficient (Wildman–Crippen LogP) is 1.15. The van der Waals surface area contributed by atoms with E-state index in [1.54, 1.807) is 18.3 Å². The summed E-state index contributed by atoms with van der Waals surface area (Å²) in [5, 5.41) is 7.16. The molecule has 3 aliphatic rings. The van der Waals surface area contributed by atoms with E-state index in [0.29, 0.717) is 17.5 Å². The van der Waals surface area contributed by atoms with Gasteiger partial charge in [-0.1, -0.05) is 0 Å². The first-order valence-corrected chi connectivity index (χ1v) is 9.58. The number of alkyl halides is 2. The Morgan fingerprint density at radius 2 is 2.07 bits per heavy atom. The van der Waals surface area contributed by atoms with Crippen molar-refractivity contribution in [1.82, 2.24) is 25.0 Å². The van der Waals surface area contributed by atoms with Crippen LogP contribution in [0.4, 0.5) is 8.78 Å². The second kappa shape index (κ2) is 6.04. The Bertz CT molecular complexity index is 1050. The number of halogens is 2. The topological polar surface area (TPSA) is 97.2 Å². The fourth-order valence-electron chi connectivity index (χ4n) is 4.28. The number of ketones is 1. The molecule has 0 spiro atoms. The molecule has 0 radical (unpaired) electrons. The van der Waals surface area contributed by atoms with Gasteiger partial charge in [0.15, 0.2) is 11.4 Å². The van der Waals surface area contributed by atoms with E-state index in [-0.39, 0.29) is 42.3 Å². The molecule has 2 aliphatic carbocycles. The number of nitrogens with zero attached hydrogens (tertiary/aromatic N) is 4. The van der Waals surface area contributed by atoms with Crippen molar-refractivity contribution in [2.24, 2.45) is 5.92 Å². The quantitative estimate of drug-likeness (QED) is 0.756. The van der Waals surface area contributed by atoms with Crippen LogP contribution < -0.4 is 5.32 Å². The van der Waals surface area contributed by atoms with Crippen molar-refractivity contribution < 1.29 is 23.2 Å². The molecule has 1 saturated heterocycles. The van der Waals surface area contributed by atoms with Crippen molar-refractivity contribution in [2.75, 3.05) is 0 Å². The van der Waals surface area contributed by atoms with Crippen LogP contribution in [0.5, 0.6) is 0 Å². The van der Waals surface area contributed by atoms with Crippen molar-refractivity contribution >= 4 is 28.6 Å². The Morgan fingerprint density at radius 3 is 2.76 bits per heavy atom. The lowest BCUT2D eigenvalue weighted by Crippen LogP contribution is -2.50. The van der Waals surface area contributed by atoms with Crippen molar-refractivity contribution in [3.8, 4) is 0 Å². The number of carbonyl (C=O) groups excluding carboxylic acids is 3. The Kier molecular flexibility index (Phi) is 3.78. The second-order valence-electron chi connectivity index (χ2n) is 8.08. The minimum absolute atomic E-state index is 0.0416. The number of hydrogen-bond donors (Lipinski definition) is 1. The molecule has 1 aliphatic heterocycles. The Morgan fingerprint density at radius 1 is 1.31 bits per heavy atom. The number of piperidine rings is 1. The van der Waals surface area contributed by atoms with Crippen molar-refractivity contribution in [1.29, 1.82) is 0 Å². The number of likely N-dealkylation sites (tertiary alicyclic amines) is 1. The number of amides is 2. The number of nitrogens with one attached hydrogen (secondary N) is 1. The predicted molar refractivity (Wildman–Crippen MR) is 96.2 cm³/mol. The Hall–Kier alpha value is -2.91. The van der Waals surface area contributed by atoms with Crippen LogP contribution in [0.15, 0.2) is 18.3 Å². The van der Waals surface area contributed by atoms with Crippen LogP contribution in [0.25, 0.3) is 11.0 Å². The van der Waals surface area contributed by atoms with Gasteiger partial charge in [0.25, 0.3) is 5.92 Å². The first-order chi connectivity index (χ1) is 13.8. The van der Waals surface area contributed by atoms with Gasteiger partial charge < -0.3 is 10.2 Å². The molecule has 3 fully saturated rings. The molecule has 2 aromatic heterocycles. The van der Waals surface area contributed by atoms with Crippen LogP contribution in [-0.4, -0.2) is 61.3 Å². The third kappa shape index (κ3) is 2.97. The Balaban J connectivity index is 1.37. The van der Waals surface area contributed by atoms with E-state index in [9.17, 15) is 23.2 Å². The minimum Gasteiger partial charge on any atom is -0.345 e. The molecule has 152 valence electrons. The zero-order chi connectivity index (χ0) is 20.5. The van der Waals surface area contributed by atoms with Gasteiger partial charge >= 0.3 is 0 Å². The fourth-order valence-corrected chi connectivity index (χ4v) is 4.28. The summed E-state index contributed by atoms with van der Waals surface area (Å²) in [5.41, 5.74) is 0.646. The lowest BCUT2D eigenvalue weighted by Gasteiger charge is -2.27. The highest BCUT2D eigenvalue weighted by molar-refractivity contribution is 6.04. The summed E-state index contributed by atoms with van der Waals surface area (Å²) in [6, 6.07) is 1.48. The molecule has 0 bridgehead atoms. The number of aromatic nitrogens is 3. The fraction of sp³-hybridized carbons (Fsp3) is 0.526. The molecule has 29 heavy (non-hydrogen) atoms. The van der Waals surface area contributed by atoms with E-state index in [1.165, 1.54) is 16.5 Å². The van der Waals surface area contributed by atoms with Gasteiger partial charge in [0.1, 0.15) is 18.3 Å². The molecule has 5 rings (SSSR count). The molecule has 2 saturated carbocycles. The summed E-state index contributed by atoms with van der Waals surface area (Å²) in [7, 11) is 0. The summed E-state index contributed by atoms with van der Waals surface area (Å²) in [4.78, 5) is 43.1. The Labute approximate surface area is 164 Å². The van der Waals surface area contributed by atoms with Crippen LogP contribution in [0, 0.1) is 5.92 Å². The molecule has 8 nitrogen and oxygen atoms in total. The number of Topliss-reactive ketones (excluding diaryl/α,β-unsaturated/α-hetero) is 1. The van der Waals surface area contributed by atoms with E-state index in [1.807, 2.05) is 0 Å². The standard InChI is InChI=1S/C19H19F2N5O3/c1-9(27)16-11-3-2-4-22-17(11)25(24-16)8-15(28)26-12-5-10(12)6-13(26)18(29)23-14-7-19(14,20)21/h2-4,10,12-14H,5-8H2,1H3,(H,23,29)/t10-,12?,13+,14?/m1/s1. The summed E-state index contributed by atoms with van der Waals surface area (Å²) in [6.45, 7) is 1.22. The lowest BCUT2D eigenvalue weighted by molar-refractivity contribution is -0.140. The first-order valence-electron chi connectivity index (χ1n) is 9.58. The van der Waals surface area contributed by atoms with E-state index in [2.05, 4.69) is 15.4 Å². The molecule has 0 aromatic carbocycles. The van der Waals surface area contributed by atoms with Crippen LogP contribution in [0.2, 0.25) is 0 Å². The maximum Gasteiger partial charge on any atom is 0.270 e. The normalized spacial score (nSPS) is 28.9. The summed E-state index contributed by atoms with van der Waals surface area (Å²) in [6.07, 6.45) is 2.49. The number of rotatable bonds is 5. The van der Waals surface area contributed by atoms with Gasteiger partial charge in [0, 0.05) is 25.6 Å². The maximum atomic E-state index is 13.1. The summed E-state index contributed by atoms with van der Waals surface area (Å²) < 4.78 is 27.7. The molecule has 10 heteroatoms. The molecule has 1 N–H and O–H groups in total. The molecule has 4 atom stereocenters. The molecular formula is C19H19F2N5O3. The molecule has 2 amide bonds. The van der Waals surface area contributed by atoms with Gasteiger partial charge in [-0.2, -0.15) is 5.10 Å². The SMILES string of the molecule is CC(=O)c1nn(CC(=O)N2C3C[C@@H]3C[C@H]2C(=O)NC2CC2(F)F)c2ncccc12. The number of fused-ring (bicyclic) bond motifs is 2. The molecule has 3 heterocycles. The summed E-state index contributed by atoms with van der Waals surface area (Å²) in [5.74, 6) is -3.72. The van der Waals surface area contributed by atoms with Crippen LogP contribution >= 0.6 is 0 Å². The number of pyridine rings is 1. The molecular weight excluding hydrogens is 384 g/mol. The monoisotopic (exact) mass is 403 g/mol. The van der Waals surface area contributed by atoms with Gasteiger partial charge in [-0.05, 0) is 30.9 Å². The summed E-state index contributed by atoms with van der Waals surface area (Å²) >= 11 is 0. The van der Waals surface area contributed by atoms with Crippen molar-refractivity contribution in [3.05, 3.63) is 24.0 Å². The largest absolute Gasteiger partial charge is 0.345 e. The average Bonchev–Trinajstić information content (AvgIpc) is 3.44. The first kappa shape index (κ1) is 18.1. The van der Waals surface area contributed by atoms with E-state index >= 15 is 0 Å².